The van der Waals surface area contributed by atoms with Crippen molar-refractivity contribution in [1.29, 1.82) is 0 Å². The van der Waals surface area contributed by atoms with Crippen molar-refractivity contribution in [3.63, 3.8) is 0 Å². The van der Waals surface area contributed by atoms with Gasteiger partial charge in [0.05, 0.1) is 21.6 Å². The fourth-order valence-electron chi connectivity index (χ4n) is 1.91. The number of anilines is 2. The van der Waals surface area contributed by atoms with Crippen LogP contribution in [0, 0.1) is 6.92 Å². The highest BCUT2D eigenvalue weighted by atomic mass is 35.5. The van der Waals surface area contributed by atoms with E-state index in [1.807, 2.05) is 31.2 Å². The van der Waals surface area contributed by atoms with E-state index in [2.05, 4.69) is 10.3 Å². The van der Waals surface area contributed by atoms with E-state index < -0.39 is 5.63 Å². The van der Waals surface area contributed by atoms with Crippen LogP contribution in [0.5, 0.6) is 0 Å². The fraction of sp³-hybridized carbons (Fsp3) is 0.0667. The Morgan fingerprint density at radius 1 is 1.20 bits per heavy atom. The highest BCUT2D eigenvalue weighted by molar-refractivity contribution is 6.33. The maximum Gasteiger partial charge on any atom is 0.348 e. The molecule has 0 saturated heterocycles. The molecule has 0 fully saturated rings. The van der Waals surface area contributed by atoms with Crippen LogP contribution in [-0.4, -0.2) is 4.98 Å². The number of hydrogen-bond acceptors (Lipinski definition) is 4. The third-order valence-electron chi connectivity index (χ3n) is 2.90. The third kappa shape index (κ3) is 2.38. The van der Waals surface area contributed by atoms with Crippen molar-refractivity contribution in [1.82, 2.24) is 4.98 Å². The first kappa shape index (κ1) is 12.7. The molecule has 4 nitrogen and oxygen atoms in total. The molecule has 1 N–H and O–H groups in total. The predicted octanol–water partition coefficient (Wildman–Crippen LogP) is 3.89. The minimum Gasteiger partial charge on any atom is -0.388 e. The first-order chi connectivity index (χ1) is 9.63. The second-order valence-electron chi connectivity index (χ2n) is 4.43. The highest BCUT2D eigenvalue weighted by Gasteiger charge is 2.08. The molecule has 0 aliphatic carbocycles. The standard InChI is InChI=1S/C15H11ClN2O2/c1-9-6-7-10-13(8-9)18-15(20-14(10)19)17-12-5-3-2-4-11(12)16/h2-8H,1H3,(H,17,18). The van der Waals surface area contributed by atoms with Crippen molar-refractivity contribution in [3.05, 3.63) is 63.5 Å². The molecule has 0 atom stereocenters. The van der Waals surface area contributed by atoms with Crippen LogP contribution < -0.4 is 10.9 Å². The topological polar surface area (TPSA) is 55.1 Å². The molecule has 0 saturated carbocycles. The Kier molecular flexibility index (Phi) is 3.16. The van der Waals surface area contributed by atoms with Gasteiger partial charge in [-0.25, -0.2) is 4.79 Å². The van der Waals surface area contributed by atoms with Crippen LogP contribution in [0.15, 0.2) is 51.7 Å². The smallest absolute Gasteiger partial charge is 0.348 e. The molecule has 3 aromatic rings. The molecule has 0 radical (unpaired) electrons. The Balaban J connectivity index is 2.09. The van der Waals surface area contributed by atoms with Crippen molar-refractivity contribution in [3.8, 4) is 0 Å². The van der Waals surface area contributed by atoms with E-state index >= 15 is 0 Å². The molecule has 2 aromatic carbocycles. The summed E-state index contributed by atoms with van der Waals surface area (Å²) in [5.74, 6) is 0. The van der Waals surface area contributed by atoms with Gasteiger partial charge in [-0.05, 0) is 36.8 Å². The maximum absolute atomic E-state index is 11.9. The summed E-state index contributed by atoms with van der Waals surface area (Å²) in [6, 6.07) is 12.7. The van der Waals surface area contributed by atoms with Gasteiger partial charge >= 0.3 is 11.6 Å². The Bertz CT molecular complexity index is 843. The summed E-state index contributed by atoms with van der Waals surface area (Å²) in [6.07, 6.45) is 0. The number of halogens is 1. The molecular weight excluding hydrogens is 276 g/mol. The summed E-state index contributed by atoms with van der Waals surface area (Å²) in [7, 11) is 0. The molecule has 5 heteroatoms. The largest absolute Gasteiger partial charge is 0.388 e. The molecule has 0 unspecified atom stereocenters. The predicted molar refractivity (Wildman–Crippen MR) is 79.8 cm³/mol. The zero-order valence-corrected chi connectivity index (χ0v) is 11.4. The second kappa shape index (κ2) is 4.98. The molecule has 3 rings (SSSR count). The lowest BCUT2D eigenvalue weighted by Gasteiger charge is -2.06. The van der Waals surface area contributed by atoms with E-state index in [-0.39, 0.29) is 6.01 Å². The van der Waals surface area contributed by atoms with E-state index in [1.165, 1.54) is 0 Å². The summed E-state index contributed by atoms with van der Waals surface area (Å²) < 4.78 is 5.15. The van der Waals surface area contributed by atoms with Gasteiger partial charge in [-0.15, -0.1) is 0 Å². The monoisotopic (exact) mass is 286 g/mol. The molecule has 100 valence electrons. The van der Waals surface area contributed by atoms with Crippen LogP contribution >= 0.6 is 11.6 Å². The van der Waals surface area contributed by atoms with Crippen molar-refractivity contribution >= 4 is 34.2 Å². The van der Waals surface area contributed by atoms with Crippen molar-refractivity contribution in [2.45, 2.75) is 6.92 Å². The van der Waals surface area contributed by atoms with Gasteiger partial charge in [0.25, 0.3) is 0 Å². The number of fused-ring (bicyclic) bond motifs is 1. The Hall–Kier alpha value is -2.33. The third-order valence-corrected chi connectivity index (χ3v) is 3.23. The van der Waals surface area contributed by atoms with Gasteiger partial charge in [0.15, 0.2) is 0 Å². The summed E-state index contributed by atoms with van der Waals surface area (Å²) in [5.41, 5.74) is 1.83. The average molecular weight is 287 g/mol. The maximum atomic E-state index is 11.9. The van der Waals surface area contributed by atoms with Gasteiger partial charge in [-0.1, -0.05) is 29.8 Å². The Morgan fingerprint density at radius 3 is 2.80 bits per heavy atom. The first-order valence-electron chi connectivity index (χ1n) is 6.06. The number of benzene rings is 2. The molecule has 1 aromatic heterocycles. The van der Waals surface area contributed by atoms with Crippen LogP contribution in [0.3, 0.4) is 0 Å². The van der Waals surface area contributed by atoms with Gasteiger partial charge in [0.1, 0.15) is 0 Å². The van der Waals surface area contributed by atoms with Gasteiger partial charge < -0.3 is 9.73 Å². The molecule has 0 spiro atoms. The molecule has 0 amide bonds. The van der Waals surface area contributed by atoms with E-state index in [4.69, 9.17) is 16.0 Å². The number of aryl methyl sites for hydroxylation is 1. The molecular formula is C15H11ClN2O2. The van der Waals surface area contributed by atoms with Crippen LogP contribution in [-0.2, 0) is 0 Å². The second-order valence-corrected chi connectivity index (χ2v) is 4.84. The lowest BCUT2D eigenvalue weighted by molar-refractivity contribution is 0.522. The molecule has 0 aliphatic rings. The van der Waals surface area contributed by atoms with Crippen LogP contribution in [0.4, 0.5) is 11.7 Å². The number of nitrogens with one attached hydrogen (secondary N) is 1. The van der Waals surface area contributed by atoms with E-state index in [1.54, 1.807) is 18.2 Å². The number of para-hydroxylation sites is 1. The van der Waals surface area contributed by atoms with Gasteiger partial charge in [0.2, 0.25) is 0 Å². The van der Waals surface area contributed by atoms with Crippen molar-refractivity contribution < 1.29 is 4.42 Å². The summed E-state index contributed by atoms with van der Waals surface area (Å²) in [4.78, 5) is 16.2. The van der Waals surface area contributed by atoms with Gasteiger partial charge in [-0.3, -0.25) is 0 Å². The van der Waals surface area contributed by atoms with Crippen LogP contribution in [0.1, 0.15) is 5.56 Å². The minimum absolute atomic E-state index is 0.126. The van der Waals surface area contributed by atoms with Gasteiger partial charge in [0, 0.05) is 0 Å². The molecule has 20 heavy (non-hydrogen) atoms. The molecule has 1 heterocycles. The van der Waals surface area contributed by atoms with Crippen molar-refractivity contribution in [2.24, 2.45) is 0 Å². The van der Waals surface area contributed by atoms with Gasteiger partial charge in [-0.2, -0.15) is 4.98 Å². The summed E-state index contributed by atoms with van der Waals surface area (Å²) in [6.45, 7) is 1.94. The molecule has 0 bridgehead atoms. The SMILES string of the molecule is Cc1ccc2c(=O)oc(Nc3ccccc3Cl)nc2c1. The zero-order chi connectivity index (χ0) is 14.1. The van der Waals surface area contributed by atoms with Crippen LogP contribution in [0.2, 0.25) is 5.02 Å². The lowest BCUT2D eigenvalue weighted by Crippen LogP contribution is -2.05. The number of aromatic nitrogens is 1. The normalized spacial score (nSPS) is 10.7. The summed E-state index contributed by atoms with van der Waals surface area (Å²) in [5, 5.41) is 3.90. The lowest BCUT2D eigenvalue weighted by atomic mass is 10.2. The number of nitrogens with zero attached hydrogens (tertiary/aromatic N) is 1. The van der Waals surface area contributed by atoms with E-state index in [9.17, 15) is 4.79 Å². The molecule has 0 aliphatic heterocycles. The minimum atomic E-state index is -0.426. The highest BCUT2D eigenvalue weighted by Crippen LogP contribution is 2.24. The van der Waals surface area contributed by atoms with E-state index in [0.29, 0.717) is 21.6 Å². The Morgan fingerprint density at radius 2 is 2.00 bits per heavy atom. The average Bonchev–Trinajstić information content (AvgIpc) is 2.41. The Labute approximate surface area is 120 Å². The van der Waals surface area contributed by atoms with Crippen molar-refractivity contribution in [2.75, 3.05) is 5.32 Å². The fourth-order valence-corrected chi connectivity index (χ4v) is 2.10. The van der Waals surface area contributed by atoms with E-state index in [0.717, 1.165) is 5.56 Å². The quantitative estimate of drug-likeness (QED) is 0.776. The number of rotatable bonds is 2. The van der Waals surface area contributed by atoms with Crippen LogP contribution in [0.25, 0.3) is 10.9 Å². The zero-order valence-electron chi connectivity index (χ0n) is 10.7. The summed E-state index contributed by atoms with van der Waals surface area (Å²) >= 11 is 6.05. The number of hydrogen-bond donors (Lipinski definition) is 1. The first-order valence-corrected chi connectivity index (χ1v) is 6.44.